The lowest BCUT2D eigenvalue weighted by atomic mass is 10.1. The first-order valence-electron chi connectivity index (χ1n) is 6.97. The van der Waals surface area contributed by atoms with Gasteiger partial charge in [0.1, 0.15) is 0 Å². The van der Waals surface area contributed by atoms with E-state index in [0.29, 0.717) is 6.42 Å². The highest BCUT2D eigenvalue weighted by molar-refractivity contribution is 7.09. The van der Waals surface area contributed by atoms with Gasteiger partial charge in [-0.2, -0.15) is 0 Å². The molecule has 0 aliphatic carbocycles. The summed E-state index contributed by atoms with van der Waals surface area (Å²) in [5.41, 5.74) is 0.734. The molecule has 0 saturated heterocycles. The van der Waals surface area contributed by atoms with E-state index in [0.717, 1.165) is 10.7 Å². The van der Waals surface area contributed by atoms with Crippen LogP contribution >= 0.6 is 11.3 Å². The Bertz CT molecular complexity index is 451. The summed E-state index contributed by atoms with van der Waals surface area (Å²) in [6.07, 6.45) is 1.59. The van der Waals surface area contributed by atoms with Gasteiger partial charge in [-0.3, -0.25) is 0 Å². The molecular weight excluding hydrogens is 286 g/mol. The zero-order chi connectivity index (χ0) is 15.6. The third kappa shape index (κ3) is 4.51. The summed E-state index contributed by atoms with van der Waals surface area (Å²) in [6, 6.07) is 0. The van der Waals surface area contributed by atoms with Crippen molar-refractivity contribution in [2.45, 2.75) is 64.5 Å². The quantitative estimate of drug-likeness (QED) is 0.623. The molecule has 20 heavy (non-hydrogen) atoms. The molecule has 0 fully saturated rings. The summed E-state index contributed by atoms with van der Waals surface area (Å²) >= 11 is 1.56. The molecule has 0 aliphatic heterocycles. The van der Waals surface area contributed by atoms with Crippen LogP contribution in [0.4, 0.5) is 0 Å². The van der Waals surface area contributed by atoms with Gasteiger partial charge in [-0.1, -0.05) is 26.8 Å². The van der Waals surface area contributed by atoms with Crippen molar-refractivity contribution in [2.75, 3.05) is 0 Å². The molecule has 0 radical (unpaired) electrons. The van der Waals surface area contributed by atoms with Crippen LogP contribution in [0.25, 0.3) is 0 Å². The molecule has 1 N–H and O–H groups in total. The maximum atomic E-state index is 10.3. The predicted molar refractivity (Wildman–Crippen MR) is 88.7 cm³/mol. The highest BCUT2D eigenvalue weighted by atomic mass is 32.1. The third-order valence-corrected chi connectivity index (χ3v) is 9.24. The van der Waals surface area contributed by atoms with Gasteiger partial charge in [0.2, 0.25) is 0 Å². The van der Waals surface area contributed by atoms with Crippen LogP contribution in [0.15, 0.2) is 18.0 Å². The Morgan fingerprint density at radius 3 is 2.50 bits per heavy atom. The third-order valence-electron chi connectivity index (χ3n) is 3.95. The fourth-order valence-electron chi connectivity index (χ4n) is 1.62. The fourth-order valence-corrected chi connectivity index (χ4v) is 3.58. The van der Waals surface area contributed by atoms with Crippen molar-refractivity contribution >= 4 is 19.7 Å². The summed E-state index contributed by atoms with van der Waals surface area (Å²) in [4.78, 5) is 4.33. The monoisotopic (exact) mass is 313 g/mol. The number of rotatable bonds is 6. The number of hydrogen-bond donors (Lipinski definition) is 1. The van der Waals surface area contributed by atoms with E-state index in [9.17, 15) is 5.11 Å². The second-order valence-electron chi connectivity index (χ2n) is 6.70. The minimum Gasteiger partial charge on any atom is -0.410 e. The second kappa shape index (κ2) is 6.51. The van der Waals surface area contributed by atoms with Gasteiger partial charge in [0.05, 0.1) is 22.9 Å². The number of hydrogen-bond acceptors (Lipinski definition) is 4. The summed E-state index contributed by atoms with van der Waals surface area (Å²) in [6.45, 7) is 16.8. The zero-order valence-corrected chi connectivity index (χ0v) is 15.3. The molecule has 0 saturated carbocycles. The number of nitrogens with zero attached hydrogens (tertiary/aromatic N) is 1. The van der Waals surface area contributed by atoms with Crippen LogP contribution < -0.4 is 0 Å². The van der Waals surface area contributed by atoms with E-state index in [-0.39, 0.29) is 11.1 Å². The Morgan fingerprint density at radius 1 is 1.50 bits per heavy atom. The van der Waals surface area contributed by atoms with Crippen LogP contribution in [0, 0.1) is 6.92 Å². The largest absolute Gasteiger partial charge is 0.410 e. The summed E-state index contributed by atoms with van der Waals surface area (Å²) in [7, 11) is -1.85. The van der Waals surface area contributed by atoms with E-state index < -0.39 is 14.4 Å². The number of aromatic nitrogens is 1. The number of aliphatic hydroxyl groups is 1. The fraction of sp³-hybridized carbons (Fsp3) is 0.667. The normalized spacial score (nSPS) is 15.9. The van der Waals surface area contributed by atoms with Crippen LogP contribution in [0.2, 0.25) is 18.1 Å². The average molecular weight is 314 g/mol. The number of aliphatic hydroxyl groups excluding tert-OH is 1. The SMILES string of the molecule is C=C[C@H](CC(O)c1csc(C)n1)O[Si](C)(C)C(C)(C)C. The van der Waals surface area contributed by atoms with Crippen molar-refractivity contribution in [1.29, 1.82) is 0 Å². The lowest BCUT2D eigenvalue weighted by molar-refractivity contribution is 0.106. The second-order valence-corrected chi connectivity index (χ2v) is 12.5. The highest BCUT2D eigenvalue weighted by Gasteiger charge is 2.39. The van der Waals surface area contributed by atoms with Gasteiger partial charge >= 0.3 is 0 Å². The number of thiazole rings is 1. The van der Waals surface area contributed by atoms with E-state index >= 15 is 0 Å². The molecule has 1 aromatic heterocycles. The Balaban J connectivity index is 2.71. The first-order chi connectivity index (χ1) is 9.06. The van der Waals surface area contributed by atoms with Gasteiger partial charge in [0, 0.05) is 11.8 Å². The first-order valence-corrected chi connectivity index (χ1v) is 10.8. The van der Waals surface area contributed by atoms with Gasteiger partial charge in [-0.05, 0) is 25.1 Å². The Kier molecular flexibility index (Phi) is 5.72. The standard InChI is InChI=1S/C15H27NO2SSi/c1-8-12(18-20(6,7)15(3,4)5)9-14(17)13-10-19-11(2)16-13/h8,10,12,14,17H,1,9H2,2-7H3/t12-,14?/m1/s1. The highest BCUT2D eigenvalue weighted by Crippen LogP contribution is 2.38. The van der Waals surface area contributed by atoms with E-state index in [1.807, 2.05) is 12.3 Å². The summed E-state index contributed by atoms with van der Waals surface area (Å²) < 4.78 is 6.29. The molecule has 0 spiro atoms. The maximum Gasteiger partial charge on any atom is 0.192 e. The van der Waals surface area contributed by atoms with E-state index in [4.69, 9.17) is 4.43 Å². The molecule has 1 heterocycles. The summed E-state index contributed by atoms with van der Waals surface area (Å²) in [5.74, 6) is 0. The lowest BCUT2D eigenvalue weighted by Gasteiger charge is -2.39. The molecule has 114 valence electrons. The summed E-state index contributed by atoms with van der Waals surface area (Å²) in [5, 5.41) is 13.3. The zero-order valence-electron chi connectivity index (χ0n) is 13.4. The molecule has 1 rings (SSSR count). The molecule has 1 unspecified atom stereocenters. The van der Waals surface area contributed by atoms with Crippen molar-refractivity contribution in [3.8, 4) is 0 Å². The van der Waals surface area contributed by atoms with Crippen molar-refractivity contribution in [3.05, 3.63) is 28.7 Å². The van der Waals surface area contributed by atoms with E-state index in [2.05, 4.69) is 45.4 Å². The topological polar surface area (TPSA) is 42.4 Å². The molecule has 0 amide bonds. The van der Waals surface area contributed by atoms with Gasteiger partial charge in [-0.15, -0.1) is 17.9 Å². The van der Waals surface area contributed by atoms with E-state index in [1.165, 1.54) is 0 Å². The molecule has 1 aromatic rings. The van der Waals surface area contributed by atoms with E-state index in [1.54, 1.807) is 17.4 Å². The van der Waals surface area contributed by atoms with Crippen LogP contribution in [-0.4, -0.2) is 24.5 Å². The molecule has 0 bridgehead atoms. The Morgan fingerprint density at radius 2 is 2.10 bits per heavy atom. The minimum absolute atomic E-state index is 0.132. The van der Waals surface area contributed by atoms with Crippen LogP contribution in [0.1, 0.15) is 44.0 Å². The molecule has 2 atom stereocenters. The number of aryl methyl sites for hydroxylation is 1. The van der Waals surface area contributed by atoms with Crippen LogP contribution in [0.5, 0.6) is 0 Å². The van der Waals surface area contributed by atoms with Gasteiger partial charge in [-0.25, -0.2) is 4.98 Å². The minimum atomic E-state index is -1.85. The Hall–Kier alpha value is -0.493. The predicted octanol–water partition coefficient (Wildman–Crippen LogP) is 4.45. The maximum absolute atomic E-state index is 10.3. The van der Waals surface area contributed by atoms with Gasteiger partial charge in [0.15, 0.2) is 8.32 Å². The molecule has 0 aromatic carbocycles. The lowest BCUT2D eigenvalue weighted by Crippen LogP contribution is -2.43. The van der Waals surface area contributed by atoms with Crippen molar-refractivity contribution in [1.82, 2.24) is 4.98 Å². The van der Waals surface area contributed by atoms with Crippen LogP contribution in [-0.2, 0) is 4.43 Å². The van der Waals surface area contributed by atoms with Crippen molar-refractivity contribution in [3.63, 3.8) is 0 Å². The molecular formula is C15H27NO2SSi. The van der Waals surface area contributed by atoms with Crippen LogP contribution in [0.3, 0.4) is 0 Å². The van der Waals surface area contributed by atoms with Gasteiger partial charge in [0.25, 0.3) is 0 Å². The first kappa shape index (κ1) is 17.6. The Labute approximate surface area is 127 Å². The van der Waals surface area contributed by atoms with Crippen molar-refractivity contribution < 1.29 is 9.53 Å². The van der Waals surface area contributed by atoms with Gasteiger partial charge < -0.3 is 9.53 Å². The van der Waals surface area contributed by atoms with Crippen molar-refractivity contribution in [2.24, 2.45) is 0 Å². The molecule has 5 heteroatoms. The smallest absolute Gasteiger partial charge is 0.192 e. The average Bonchev–Trinajstić information content (AvgIpc) is 2.73. The molecule has 0 aliphatic rings. The molecule has 3 nitrogen and oxygen atoms in total.